The van der Waals surface area contributed by atoms with Crippen molar-refractivity contribution in [3.05, 3.63) is 29.3 Å². The fourth-order valence-corrected chi connectivity index (χ4v) is 5.23. The minimum atomic E-state index is -0.387. The van der Waals surface area contributed by atoms with Gasteiger partial charge in [0, 0.05) is 18.0 Å². The third-order valence-corrected chi connectivity index (χ3v) is 6.93. The predicted octanol–water partition coefficient (Wildman–Crippen LogP) is 3.07. The molecule has 0 amide bonds. The quantitative estimate of drug-likeness (QED) is 0.549. The second kappa shape index (κ2) is 9.47. The Morgan fingerprint density at radius 3 is 2.40 bits per heavy atom. The normalized spacial score (nSPS) is 22.0. The Morgan fingerprint density at radius 1 is 0.971 bits per heavy atom. The lowest BCUT2D eigenvalue weighted by molar-refractivity contribution is -0.141. The second-order valence-corrected chi connectivity index (χ2v) is 9.17. The molecule has 0 saturated carbocycles. The third kappa shape index (κ3) is 4.02. The lowest BCUT2D eigenvalue weighted by Crippen LogP contribution is -2.30. The van der Waals surface area contributed by atoms with Gasteiger partial charge in [-0.05, 0) is 55.4 Å². The Bertz CT molecular complexity index is 1130. The zero-order chi connectivity index (χ0) is 24.7. The van der Waals surface area contributed by atoms with Gasteiger partial charge in [-0.25, -0.2) is 0 Å². The van der Waals surface area contributed by atoms with Crippen molar-refractivity contribution in [2.45, 2.75) is 12.5 Å². The Hall–Kier alpha value is -3.17. The van der Waals surface area contributed by atoms with Crippen LogP contribution in [-0.4, -0.2) is 72.8 Å². The van der Waals surface area contributed by atoms with E-state index in [1.807, 2.05) is 32.3 Å². The van der Waals surface area contributed by atoms with Gasteiger partial charge in [0.25, 0.3) is 0 Å². The molecule has 0 aromatic heterocycles. The highest BCUT2D eigenvalue weighted by Crippen LogP contribution is 2.55. The molecule has 9 heteroatoms. The standard InChI is InChI=1S/C26H31NO8/c1-27(2)6-7-32-23-16-11-20-19(34-13-35-20)10-15(16)22-14(8-17-18(23)12-33-26(17)28)9-21(29-3)24(30-4)25(22)31-5/h9-11,17-18,23H,6-8,12-13H2,1-5H3/t17-,18+,23+/m1/s1. The van der Waals surface area contributed by atoms with Crippen LogP contribution in [0.5, 0.6) is 28.7 Å². The van der Waals surface area contributed by atoms with Crippen LogP contribution < -0.4 is 23.7 Å². The molecule has 1 fully saturated rings. The van der Waals surface area contributed by atoms with E-state index in [0.29, 0.717) is 48.4 Å². The van der Waals surface area contributed by atoms with E-state index in [2.05, 4.69) is 4.90 Å². The number of carbonyl (C=O) groups is 1. The number of ether oxygens (including phenoxy) is 7. The SMILES string of the molecule is COc1cc2c(c(OC)c1OC)-c1cc3c(cc1[C@H](OCCN(C)C)[C@H]1COC(=O)[C@@H]1C2)OCO3. The summed E-state index contributed by atoms with van der Waals surface area (Å²) in [6.07, 6.45) is 0.0682. The van der Waals surface area contributed by atoms with Crippen LogP contribution in [0.2, 0.25) is 0 Å². The van der Waals surface area contributed by atoms with Crippen LogP contribution >= 0.6 is 0 Å². The smallest absolute Gasteiger partial charge is 0.309 e. The number of hydrogen-bond acceptors (Lipinski definition) is 9. The predicted molar refractivity (Wildman–Crippen MR) is 127 cm³/mol. The van der Waals surface area contributed by atoms with Crippen molar-refractivity contribution in [2.24, 2.45) is 11.8 Å². The number of fused-ring (bicyclic) bond motifs is 5. The van der Waals surface area contributed by atoms with Gasteiger partial charge in [0.1, 0.15) is 0 Å². The number of likely N-dealkylation sites (N-methyl/N-ethyl adjacent to an activating group) is 1. The van der Waals surface area contributed by atoms with Crippen LogP contribution in [0.3, 0.4) is 0 Å². The van der Waals surface area contributed by atoms with E-state index < -0.39 is 0 Å². The summed E-state index contributed by atoms with van der Waals surface area (Å²) in [6.45, 7) is 1.68. The first kappa shape index (κ1) is 23.6. The molecule has 0 spiro atoms. The molecule has 2 aromatic carbocycles. The molecular formula is C26H31NO8. The summed E-state index contributed by atoms with van der Waals surface area (Å²) < 4.78 is 40.7. The Labute approximate surface area is 204 Å². The van der Waals surface area contributed by atoms with E-state index in [-0.39, 0.29) is 30.7 Å². The van der Waals surface area contributed by atoms with Crippen LogP contribution in [0, 0.1) is 11.8 Å². The minimum absolute atomic E-state index is 0.147. The van der Waals surface area contributed by atoms with E-state index in [0.717, 1.165) is 28.8 Å². The van der Waals surface area contributed by atoms with Gasteiger partial charge in [0.05, 0.1) is 46.6 Å². The molecule has 0 N–H and O–H groups in total. The molecule has 9 nitrogen and oxygen atoms in total. The second-order valence-electron chi connectivity index (χ2n) is 9.17. The number of cyclic esters (lactones) is 1. The van der Waals surface area contributed by atoms with Crippen molar-refractivity contribution < 1.29 is 38.0 Å². The van der Waals surface area contributed by atoms with E-state index in [4.69, 9.17) is 33.2 Å². The highest BCUT2D eigenvalue weighted by atomic mass is 16.7. The largest absolute Gasteiger partial charge is 0.493 e. The van der Waals surface area contributed by atoms with Gasteiger partial charge in [-0.1, -0.05) is 0 Å². The van der Waals surface area contributed by atoms with Gasteiger partial charge in [0.15, 0.2) is 23.0 Å². The maximum absolute atomic E-state index is 12.9. The average molecular weight is 486 g/mol. The molecule has 35 heavy (non-hydrogen) atoms. The van der Waals surface area contributed by atoms with Crippen LogP contribution in [0.1, 0.15) is 17.2 Å². The first-order valence-electron chi connectivity index (χ1n) is 11.7. The van der Waals surface area contributed by atoms with Crippen molar-refractivity contribution in [1.29, 1.82) is 0 Å². The first-order chi connectivity index (χ1) is 17.0. The Balaban J connectivity index is 1.77. The number of carbonyl (C=O) groups excluding carboxylic acids is 1. The maximum atomic E-state index is 12.9. The molecule has 2 aromatic rings. The molecule has 0 radical (unpaired) electrons. The molecule has 1 saturated heterocycles. The summed E-state index contributed by atoms with van der Waals surface area (Å²) in [4.78, 5) is 15.0. The van der Waals surface area contributed by atoms with Crippen molar-refractivity contribution in [2.75, 3.05) is 62.0 Å². The molecule has 1 aliphatic carbocycles. The summed E-state index contributed by atoms with van der Waals surface area (Å²) in [6, 6.07) is 5.84. The lowest BCUT2D eigenvalue weighted by Gasteiger charge is -2.33. The monoisotopic (exact) mass is 485 g/mol. The summed E-state index contributed by atoms with van der Waals surface area (Å²) in [5.41, 5.74) is 3.50. The third-order valence-electron chi connectivity index (χ3n) is 6.93. The van der Waals surface area contributed by atoms with Crippen molar-refractivity contribution in [1.82, 2.24) is 4.90 Å². The fraction of sp³-hybridized carbons (Fsp3) is 0.500. The lowest BCUT2D eigenvalue weighted by atomic mass is 9.76. The molecular weight excluding hydrogens is 454 g/mol. The summed E-state index contributed by atoms with van der Waals surface area (Å²) in [7, 11) is 8.76. The van der Waals surface area contributed by atoms with Gasteiger partial charge < -0.3 is 38.1 Å². The van der Waals surface area contributed by atoms with Crippen LogP contribution in [-0.2, 0) is 20.7 Å². The molecule has 3 aliphatic rings. The van der Waals surface area contributed by atoms with Gasteiger partial charge >= 0.3 is 5.97 Å². The van der Waals surface area contributed by atoms with Crippen LogP contribution in [0.25, 0.3) is 11.1 Å². The number of esters is 1. The molecule has 5 rings (SSSR count). The molecule has 0 unspecified atom stereocenters. The van der Waals surface area contributed by atoms with Crippen molar-refractivity contribution >= 4 is 5.97 Å². The van der Waals surface area contributed by atoms with E-state index in [9.17, 15) is 4.79 Å². The number of methoxy groups -OCH3 is 3. The summed E-state index contributed by atoms with van der Waals surface area (Å²) in [5, 5.41) is 0. The zero-order valence-corrected chi connectivity index (χ0v) is 20.7. The highest BCUT2D eigenvalue weighted by molar-refractivity contribution is 5.85. The highest BCUT2D eigenvalue weighted by Gasteiger charge is 2.46. The van der Waals surface area contributed by atoms with E-state index >= 15 is 0 Å². The molecule has 3 atom stereocenters. The van der Waals surface area contributed by atoms with Crippen molar-refractivity contribution in [3.63, 3.8) is 0 Å². The fourth-order valence-electron chi connectivity index (χ4n) is 5.23. The van der Waals surface area contributed by atoms with E-state index in [1.54, 1.807) is 21.3 Å². The van der Waals surface area contributed by atoms with Crippen LogP contribution in [0.4, 0.5) is 0 Å². The van der Waals surface area contributed by atoms with Gasteiger partial charge in [-0.2, -0.15) is 0 Å². The number of rotatable bonds is 7. The first-order valence-corrected chi connectivity index (χ1v) is 11.7. The molecule has 2 aliphatic heterocycles. The molecule has 0 bridgehead atoms. The Morgan fingerprint density at radius 2 is 1.71 bits per heavy atom. The number of nitrogens with zero attached hydrogens (tertiary/aromatic N) is 1. The maximum Gasteiger partial charge on any atom is 0.309 e. The van der Waals surface area contributed by atoms with Crippen LogP contribution in [0.15, 0.2) is 18.2 Å². The Kier molecular flexibility index (Phi) is 6.37. The zero-order valence-electron chi connectivity index (χ0n) is 20.7. The molecule has 188 valence electrons. The minimum Gasteiger partial charge on any atom is -0.493 e. The van der Waals surface area contributed by atoms with Gasteiger partial charge in [0.2, 0.25) is 12.5 Å². The average Bonchev–Trinajstić information content (AvgIpc) is 3.45. The van der Waals surface area contributed by atoms with E-state index in [1.165, 1.54) is 0 Å². The van der Waals surface area contributed by atoms with Gasteiger partial charge in [-0.15, -0.1) is 0 Å². The topological polar surface area (TPSA) is 84.9 Å². The van der Waals surface area contributed by atoms with Crippen molar-refractivity contribution in [3.8, 4) is 39.9 Å². The van der Waals surface area contributed by atoms with Gasteiger partial charge in [-0.3, -0.25) is 4.79 Å². The summed E-state index contributed by atoms with van der Waals surface area (Å²) >= 11 is 0. The number of hydrogen-bond donors (Lipinski definition) is 0. The summed E-state index contributed by atoms with van der Waals surface area (Å²) in [5.74, 6) is 2.08. The number of benzene rings is 2. The molecule has 2 heterocycles.